The molecule has 1 saturated carbocycles. The summed E-state index contributed by atoms with van der Waals surface area (Å²) in [6, 6.07) is 9.66. The molecule has 0 radical (unpaired) electrons. The van der Waals surface area contributed by atoms with E-state index >= 15 is 0 Å². The Balaban J connectivity index is 1.97. The zero-order chi connectivity index (χ0) is 16.6. The first-order valence-corrected chi connectivity index (χ1v) is 7.94. The van der Waals surface area contributed by atoms with Gasteiger partial charge in [-0.25, -0.2) is 4.68 Å². The van der Waals surface area contributed by atoms with Crippen molar-refractivity contribution in [2.45, 2.75) is 45.1 Å². The van der Waals surface area contributed by atoms with Gasteiger partial charge in [-0.3, -0.25) is 4.79 Å². The Bertz CT molecular complexity index is 724. The van der Waals surface area contributed by atoms with E-state index in [2.05, 4.69) is 10.4 Å². The summed E-state index contributed by atoms with van der Waals surface area (Å²) < 4.78 is 7.16. The second-order valence-corrected chi connectivity index (χ2v) is 7.05. The van der Waals surface area contributed by atoms with Gasteiger partial charge in [0.2, 0.25) is 0 Å². The molecular weight excluding hydrogens is 290 g/mol. The number of hydrogen-bond acceptors (Lipinski definition) is 3. The highest BCUT2D eigenvalue weighted by atomic mass is 16.5. The molecule has 2 aromatic rings. The van der Waals surface area contributed by atoms with E-state index in [0.717, 1.165) is 30.0 Å². The van der Waals surface area contributed by atoms with Crippen LogP contribution in [0.1, 0.15) is 55.7 Å². The molecule has 0 atom stereocenters. The van der Waals surface area contributed by atoms with Gasteiger partial charge in [0.25, 0.3) is 5.91 Å². The van der Waals surface area contributed by atoms with Crippen LogP contribution in [0.25, 0.3) is 5.69 Å². The predicted molar refractivity (Wildman–Crippen MR) is 89.3 cm³/mol. The SMILES string of the molecule is COc1cccc(-n2nc(C(=O)NC(C)(C)C)cc2C2CC2)c1. The molecular formula is C18H23N3O2. The van der Waals surface area contributed by atoms with E-state index in [4.69, 9.17) is 4.74 Å². The van der Waals surface area contributed by atoms with Crippen molar-refractivity contribution in [2.24, 2.45) is 0 Å². The standard InChI is InChI=1S/C18H23N3O2/c1-18(2,3)19-17(22)15-11-16(12-8-9-12)21(20-15)13-6-5-7-14(10-13)23-4/h5-7,10-12H,8-9H2,1-4H3,(H,19,22). The number of ether oxygens (including phenoxy) is 1. The van der Waals surface area contributed by atoms with Crippen molar-refractivity contribution < 1.29 is 9.53 Å². The molecule has 3 rings (SSSR count). The van der Waals surface area contributed by atoms with E-state index in [9.17, 15) is 4.79 Å². The number of amides is 1. The maximum atomic E-state index is 12.4. The van der Waals surface area contributed by atoms with Gasteiger partial charge in [-0.2, -0.15) is 5.10 Å². The Morgan fingerprint density at radius 1 is 1.30 bits per heavy atom. The fraction of sp³-hybridized carbons (Fsp3) is 0.444. The van der Waals surface area contributed by atoms with E-state index in [0.29, 0.717) is 11.6 Å². The Morgan fingerprint density at radius 2 is 2.04 bits per heavy atom. The number of aromatic nitrogens is 2. The molecule has 1 aromatic heterocycles. The number of carbonyl (C=O) groups is 1. The number of nitrogens with one attached hydrogen (secondary N) is 1. The molecule has 0 unspecified atom stereocenters. The first kappa shape index (κ1) is 15.6. The van der Waals surface area contributed by atoms with Crippen molar-refractivity contribution in [2.75, 3.05) is 7.11 Å². The van der Waals surface area contributed by atoms with Gasteiger partial charge in [-0.15, -0.1) is 0 Å². The van der Waals surface area contributed by atoms with E-state index < -0.39 is 0 Å². The van der Waals surface area contributed by atoms with Gasteiger partial charge >= 0.3 is 0 Å². The van der Waals surface area contributed by atoms with Crippen LogP contribution in [0.3, 0.4) is 0 Å². The highest BCUT2D eigenvalue weighted by molar-refractivity contribution is 5.93. The van der Waals surface area contributed by atoms with Crippen LogP contribution in [0.4, 0.5) is 0 Å². The number of benzene rings is 1. The lowest BCUT2D eigenvalue weighted by Crippen LogP contribution is -2.40. The topological polar surface area (TPSA) is 56.2 Å². The van der Waals surface area contributed by atoms with Gasteiger partial charge in [-0.05, 0) is 51.8 Å². The molecule has 5 nitrogen and oxygen atoms in total. The lowest BCUT2D eigenvalue weighted by atomic mass is 10.1. The third kappa shape index (κ3) is 3.55. The van der Waals surface area contributed by atoms with Crippen molar-refractivity contribution in [1.29, 1.82) is 0 Å². The first-order valence-electron chi connectivity index (χ1n) is 7.94. The highest BCUT2D eigenvalue weighted by Gasteiger charge is 2.30. The monoisotopic (exact) mass is 313 g/mol. The Labute approximate surface area is 136 Å². The summed E-state index contributed by atoms with van der Waals surface area (Å²) >= 11 is 0. The highest BCUT2D eigenvalue weighted by Crippen LogP contribution is 2.41. The zero-order valence-electron chi connectivity index (χ0n) is 14.1. The number of hydrogen-bond donors (Lipinski definition) is 1. The van der Waals surface area contributed by atoms with E-state index in [-0.39, 0.29) is 11.4 Å². The number of carbonyl (C=O) groups excluding carboxylic acids is 1. The molecule has 0 saturated heterocycles. The molecule has 0 bridgehead atoms. The van der Waals surface area contributed by atoms with Crippen LogP contribution in [0.5, 0.6) is 5.75 Å². The minimum atomic E-state index is -0.281. The van der Waals surface area contributed by atoms with Gasteiger partial charge < -0.3 is 10.1 Å². The maximum Gasteiger partial charge on any atom is 0.272 e. The van der Waals surface area contributed by atoms with Crippen LogP contribution < -0.4 is 10.1 Å². The third-order valence-electron chi connectivity index (χ3n) is 3.75. The molecule has 1 heterocycles. The van der Waals surface area contributed by atoms with Crippen molar-refractivity contribution in [3.05, 3.63) is 41.7 Å². The normalized spacial score (nSPS) is 14.6. The summed E-state index contributed by atoms with van der Waals surface area (Å²) in [6.45, 7) is 5.89. The van der Waals surface area contributed by atoms with Crippen LogP contribution >= 0.6 is 0 Å². The lowest BCUT2D eigenvalue weighted by molar-refractivity contribution is 0.0914. The molecule has 0 spiro atoms. The van der Waals surface area contributed by atoms with E-state index in [1.807, 2.05) is 55.8 Å². The molecule has 1 N–H and O–H groups in total. The first-order chi connectivity index (χ1) is 10.9. The van der Waals surface area contributed by atoms with Crippen LogP contribution in [-0.4, -0.2) is 28.3 Å². The molecule has 1 aliphatic rings. The lowest BCUT2D eigenvalue weighted by Gasteiger charge is -2.19. The summed E-state index contributed by atoms with van der Waals surface area (Å²) in [7, 11) is 1.65. The second kappa shape index (κ2) is 5.72. The molecule has 1 fully saturated rings. The molecule has 1 aliphatic carbocycles. The van der Waals surface area contributed by atoms with Gasteiger partial charge in [0.15, 0.2) is 5.69 Å². The maximum absolute atomic E-state index is 12.4. The molecule has 0 aliphatic heterocycles. The minimum Gasteiger partial charge on any atom is -0.497 e. The predicted octanol–water partition coefficient (Wildman–Crippen LogP) is 3.29. The van der Waals surface area contributed by atoms with Gasteiger partial charge in [0, 0.05) is 23.2 Å². The van der Waals surface area contributed by atoms with Crippen LogP contribution in [0.15, 0.2) is 30.3 Å². The summed E-state index contributed by atoms with van der Waals surface area (Å²) in [5.74, 6) is 1.13. The summed E-state index contributed by atoms with van der Waals surface area (Å²) in [5.41, 5.74) is 2.19. The van der Waals surface area contributed by atoms with Gasteiger partial charge in [0.05, 0.1) is 12.8 Å². The van der Waals surface area contributed by atoms with Crippen LogP contribution in [0.2, 0.25) is 0 Å². The van der Waals surface area contributed by atoms with Crippen molar-refractivity contribution >= 4 is 5.91 Å². The largest absolute Gasteiger partial charge is 0.497 e. The average Bonchev–Trinajstić information content (AvgIpc) is 3.24. The molecule has 23 heavy (non-hydrogen) atoms. The molecule has 5 heteroatoms. The van der Waals surface area contributed by atoms with Crippen LogP contribution in [0, 0.1) is 0 Å². The second-order valence-electron chi connectivity index (χ2n) is 7.05. The fourth-order valence-corrected chi connectivity index (χ4v) is 2.53. The Hall–Kier alpha value is -2.30. The summed E-state index contributed by atoms with van der Waals surface area (Å²) in [5, 5.41) is 7.52. The number of rotatable bonds is 4. The van der Waals surface area contributed by atoms with Gasteiger partial charge in [-0.1, -0.05) is 6.07 Å². The Morgan fingerprint density at radius 3 is 2.65 bits per heavy atom. The van der Waals surface area contributed by atoms with Crippen molar-refractivity contribution in [3.8, 4) is 11.4 Å². The number of methoxy groups -OCH3 is 1. The third-order valence-corrected chi connectivity index (χ3v) is 3.75. The van der Waals surface area contributed by atoms with E-state index in [1.165, 1.54) is 0 Å². The van der Waals surface area contributed by atoms with Crippen molar-refractivity contribution in [3.63, 3.8) is 0 Å². The average molecular weight is 313 g/mol. The quantitative estimate of drug-likeness (QED) is 0.942. The summed E-state index contributed by atoms with van der Waals surface area (Å²) in [6.07, 6.45) is 2.30. The molecule has 122 valence electrons. The smallest absolute Gasteiger partial charge is 0.272 e. The zero-order valence-corrected chi connectivity index (χ0v) is 14.1. The Kier molecular flexibility index (Phi) is 3.88. The van der Waals surface area contributed by atoms with E-state index in [1.54, 1.807) is 7.11 Å². The van der Waals surface area contributed by atoms with Crippen LogP contribution in [-0.2, 0) is 0 Å². The minimum absolute atomic E-state index is 0.138. The molecule has 1 amide bonds. The van der Waals surface area contributed by atoms with Crippen molar-refractivity contribution in [1.82, 2.24) is 15.1 Å². The summed E-state index contributed by atoms with van der Waals surface area (Å²) in [4.78, 5) is 12.4. The molecule has 1 aromatic carbocycles. The number of nitrogens with zero attached hydrogens (tertiary/aromatic N) is 2. The fourth-order valence-electron chi connectivity index (χ4n) is 2.53. The van der Waals surface area contributed by atoms with Gasteiger partial charge in [0.1, 0.15) is 5.75 Å².